The number of rotatable bonds is 3. The molecule has 18 heavy (non-hydrogen) atoms. The normalized spacial score (nSPS) is 10.5. The molecule has 7 heteroatoms. The van der Waals surface area contributed by atoms with Crippen LogP contribution >= 0.6 is 0 Å². The zero-order valence-corrected chi connectivity index (χ0v) is 10.6. The van der Waals surface area contributed by atoms with E-state index in [2.05, 4.69) is 15.2 Å². The Morgan fingerprint density at radius 3 is 2.28 bits per heavy atom. The fourth-order valence-electron chi connectivity index (χ4n) is 1.20. The van der Waals surface area contributed by atoms with Crippen molar-refractivity contribution in [1.29, 1.82) is 10.5 Å². The number of carbonyl (C=O) groups excluding carboxylic acids is 1. The molecule has 0 aliphatic rings. The van der Waals surface area contributed by atoms with E-state index in [4.69, 9.17) is 10.5 Å². The largest absolute Gasteiger partial charge is 0.309 e. The summed E-state index contributed by atoms with van der Waals surface area (Å²) in [7, 11) is 0. The van der Waals surface area contributed by atoms with Crippen molar-refractivity contribution < 1.29 is 4.79 Å². The molecule has 1 aromatic rings. The maximum Gasteiger partial charge on any atom is 0.295 e. The number of carbonyl (C=O) groups is 1. The van der Waals surface area contributed by atoms with E-state index >= 15 is 0 Å². The lowest BCUT2D eigenvalue weighted by atomic mass is 9.96. The van der Waals surface area contributed by atoms with Gasteiger partial charge in [0.2, 0.25) is 5.82 Å². The highest BCUT2D eigenvalue weighted by Gasteiger charge is 2.24. The molecule has 0 aliphatic heterocycles. The monoisotopic (exact) mass is 246 g/mol. The molecule has 0 unspecified atom stereocenters. The van der Waals surface area contributed by atoms with Gasteiger partial charge in [0.1, 0.15) is 18.9 Å². The van der Waals surface area contributed by atoms with E-state index in [1.807, 2.05) is 32.9 Å². The Kier molecular flexibility index (Phi) is 4.01. The highest BCUT2D eigenvalue weighted by molar-refractivity contribution is 5.90. The summed E-state index contributed by atoms with van der Waals surface area (Å²) in [5, 5.41) is 23.7. The van der Waals surface area contributed by atoms with Crippen LogP contribution in [0.4, 0.5) is 0 Å². The van der Waals surface area contributed by atoms with E-state index < -0.39 is 5.91 Å². The average Bonchev–Trinajstić information content (AvgIpc) is 2.76. The number of H-pyrrole nitrogens is 1. The Morgan fingerprint density at radius 1 is 1.33 bits per heavy atom. The molecule has 0 aliphatic carbocycles. The van der Waals surface area contributed by atoms with Crippen LogP contribution in [0.2, 0.25) is 0 Å². The summed E-state index contributed by atoms with van der Waals surface area (Å²) < 4.78 is 0. The molecule has 0 spiro atoms. The Labute approximate surface area is 105 Å². The number of aromatic nitrogens is 3. The molecule has 0 fully saturated rings. The Bertz CT molecular complexity index is 497. The lowest BCUT2D eigenvalue weighted by Gasteiger charge is -2.14. The van der Waals surface area contributed by atoms with Crippen molar-refractivity contribution in [1.82, 2.24) is 20.1 Å². The van der Waals surface area contributed by atoms with Gasteiger partial charge < -0.3 is 4.90 Å². The third kappa shape index (κ3) is 3.05. The molecule has 1 rings (SSSR count). The zero-order valence-electron chi connectivity index (χ0n) is 10.6. The van der Waals surface area contributed by atoms with Crippen molar-refractivity contribution in [3.63, 3.8) is 0 Å². The molecule has 1 heterocycles. The highest BCUT2D eigenvalue weighted by Crippen LogP contribution is 2.17. The molecule has 0 atom stereocenters. The first-order valence-corrected chi connectivity index (χ1v) is 5.36. The van der Waals surface area contributed by atoms with Gasteiger partial charge in [0.25, 0.3) is 5.91 Å². The molecule has 1 N–H and O–H groups in total. The van der Waals surface area contributed by atoms with Gasteiger partial charge in [-0.1, -0.05) is 20.8 Å². The summed E-state index contributed by atoms with van der Waals surface area (Å²) in [6.45, 7) is 5.48. The molecule has 0 bridgehead atoms. The van der Waals surface area contributed by atoms with Crippen molar-refractivity contribution in [2.45, 2.75) is 26.2 Å². The second-order valence-electron chi connectivity index (χ2n) is 4.74. The van der Waals surface area contributed by atoms with Gasteiger partial charge in [-0.25, -0.2) is 4.98 Å². The summed E-state index contributed by atoms with van der Waals surface area (Å²) in [5.41, 5.74) is -0.249. The number of aromatic amines is 1. The molecule has 0 radical (unpaired) electrons. The Morgan fingerprint density at radius 2 is 1.89 bits per heavy atom. The van der Waals surface area contributed by atoms with Crippen LogP contribution in [0.5, 0.6) is 0 Å². The summed E-state index contributed by atoms with van der Waals surface area (Å²) >= 11 is 0. The fourth-order valence-corrected chi connectivity index (χ4v) is 1.20. The Hall–Kier alpha value is -2.41. The third-order valence-corrected chi connectivity index (χ3v) is 2.20. The standard InChI is InChI=1S/C11H14N6O/c1-11(2,3)10-14-8(15-16-10)9(18)17(6-4-12)7-5-13/h6-7H2,1-3H3,(H,14,15,16). The lowest BCUT2D eigenvalue weighted by molar-refractivity contribution is 0.0783. The van der Waals surface area contributed by atoms with Crippen LogP contribution in [0.25, 0.3) is 0 Å². The number of nitrogens with one attached hydrogen (secondary N) is 1. The average molecular weight is 246 g/mol. The predicted octanol–water partition coefficient (Wildman–Crippen LogP) is 0.592. The summed E-state index contributed by atoms with van der Waals surface area (Å²) in [4.78, 5) is 17.1. The molecule has 94 valence electrons. The zero-order chi connectivity index (χ0) is 13.8. The van der Waals surface area contributed by atoms with Gasteiger partial charge in [-0.05, 0) is 0 Å². The second-order valence-corrected chi connectivity index (χ2v) is 4.74. The first-order valence-electron chi connectivity index (χ1n) is 5.36. The van der Waals surface area contributed by atoms with Gasteiger partial charge in [-0.3, -0.25) is 9.89 Å². The van der Waals surface area contributed by atoms with Gasteiger partial charge in [0.05, 0.1) is 12.1 Å². The minimum atomic E-state index is -0.523. The number of hydrogen-bond acceptors (Lipinski definition) is 5. The summed E-state index contributed by atoms with van der Waals surface area (Å²) in [6.07, 6.45) is 0. The van der Waals surface area contributed by atoms with Crippen LogP contribution in [0, 0.1) is 22.7 Å². The van der Waals surface area contributed by atoms with Crippen molar-refractivity contribution in [2.75, 3.05) is 13.1 Å². The molecule has 1 amide bonds. The van der Waals surface area contributed by atoms with Crippen molar-refractivity contribution in [3.8, 4) is 12.1 Å². The molecule has 1 aromatic heterocycles. The molecule has 0 saturated carbocycles. The predicted molar refractivity (Wildman–Crippen MR) is 62.2 cm³/mol. The quantitative estimate of drug-likeness (QED) is 0.785. The van der Waals surface area contributed by atoms with Crippen LogP contribution in [-0.2, 0) is 5.41 Å². The first kappa shape index (κ1) is 13.7. The minimum absolute atomic E-state index is 0.0228. The van der Waals surface area contributed by atoms with E-state index in [-0.39, 0.29) is 24.3 Å². The van der Waals surface area contributed by atoms with E-state index in [0.29, 0.717) is 5.82 Å². The molecule has 0 saturated heterocycles. The number of hydrogen-bond donors (Lipinski definition) is 1. The van der Waals surface area contributed by atoms with Crippen LogP contribution in [0.15, 0.2) is 0 Å². The van der Waals surface area contributed by atoms with Gasteiger partial charge >= 0.3 is 0 Å². The Balaban J connectivity index is 2.93. The van der Waals surface area contributed by atoms with Gasteiger partial charge in [0.15, 0.2) is 0 Å². The molecular formula is C11H14N6O. The van der Waals surface area contributed by atoms with E-state index in [1.165, 1.54) is 0 Å². The summed E-state index contributed by atoms with van der Waals surface area (Å²) in [5.74, 6) is 0.0370. The van der Waals surface area contributed by atoms with E-state index in [1.54, 1.807) is 0 Å². The summed E-state index contributed by atoms with van der Waals surface area (Å²) in [6, 6.07) is 3.66. The fraction of sp³-hybridized carbons (Fsp3) is 0.545. The van der Waals surface area contributed by atoms with Gasteiger partial charge in [0, 0.05) is 5.41 Å². The van der Waals surface area contributed by atoms with Crippen molar-refractivity contribution >= 4 is 5.91 Å². The third-order valence-electron chi connectivity index (χ3n) is 2.20. The van der Waals surface area contributed by atoms with E-state index in [9.17, 15) is 4.79 Å². The van der Waals surface area contributed by atoms with Gasteiger partial charge in [-0.2, -0.15) is 10.5 Å². The van der Waals surface area contributed by atoms with Crippen molar-refractivity contribution in [2.24, 2.45) is 0 Å². The van der Waals surface area contributed by atoms with Crippen LogP contribution in [-0.4, -0.2) is 39.1 Å². The van der Waals surface area contributed by atoms with Gasteiger partial charge in [-0.15, -0.1) is 5.10 Å². The lowest BCUT2D eigenvalue weighted by Crippen LogP contribution is -2.32. The highest BCUT2D eigenvalue weighted by atomic mass is 16.2. The number of nitriles is 2. The molecule has 0 aromatic carbocycles. The number of nitrogens with zero attached hydrogens (tertiary/aromatic N) is 5. The second kappa shape index (κ2) is 5.28. The SMILES string of the molecule is CC(C)(C)c1nc(C(=O)N(CC#N)CC#N)n[nH]1. The number of amides is 1. The van der Waals surface area contributed by atoms with Crippen LogP contribution in [0.3, 0.4) is 0 Å². The molecule has 7 nitrogen and oxygen atoms in total. The first-order chi connectivity index (χ1) is 8.40. The smallest absolute Gasteiger partial charge is 0.295 e. The van der Waals surface area contributed by atoms with Crippen LogP contribution in [0.1, 0.15) is 37.2 Å². The maximum absolute atomic E-state index is 11.9. The molecular weight excluding hydrogens is 232 g/mol. The minimum Gasteiger partial charge on any atom is -0.309 e. The van der Waals surface area contributed by atoms with Crippen molar-refractivity contribution in [3.05, 3.63) is 11.6 Å². The van der Waals surface area contributed by atoms with E-state index in [0.717, 1.165) is 4.90 Å². The topological polar surface area (TPSA) is 109 Å². The maximum atomic E-state index is 11.9. The van der Waals surface area contributed by atoms with Crippen LogP contribution < -0.4 is 0 Å².